The van der Waals surface area contributed by atoms with E-state index in [9.17, 15) is 23.6 Å². The highest BCUT2D eigenvalue weighted by atomic mass is 32.2. The van der Waals surface area contributed by atoms with Crippen molar-refractivity contribution in [2.75, 3.05) is 0 Å². The minimum atomic E-state index is -4.61. The van der Waals surface area contributed by atoms with Gasteiger partial charge in [0.2, 0.25) is 0 Å². The summed E-state index contributed by atoms with van der Waals surface area (Å²) in [6.07, 6.45) is 4.46. The van der Waals surface area contributed by atoms with E-state index in [1.54, 1.807) is 0 Å². The first kappa shape index (κ1) is 15.7. The van der Waals surface area contributed by atoms with Crippen molar-refractivity contribution in [1.29, 1.82) is 0 Å². The van der Waals surface area contributed by atoms with E-state index in [2.05, 4.69) is 6.58 Å². The van der Waals surface area contributed by atoms with E-state index in [1.807, 2.05) is 0 Å². The van der Waals surface area contributed by atoms with Gasteiger partial charge in [-0.1, -0.05) is 12.7 Å². The molecule has 1 aliphatic rings. The highest BCUT2D eigenvalue weighted by molar-refractivity contribution is 7.90. The molecule has 0 spiro atoms. The van der Waals surface area contributed by atoms with Gasteiger partial charge in [0.25, 0.3) is 15.8 Å². The molecule has 0 atom stereocenters. The molecule has 1 rings (SSSR count). The molecule has 0 radical (unpaired) electrons. The number of nitrogens with zero attached hydrogens (tertiary/aromatic N) is 1. The van der Waals surface area contributed by atoms with E-state index in [0.29, 0.717) is 11.8 Å². The molecular formula is C11H12N2O6S. The Morgan fingerprint density at radius 2 is 2.15 bits per heavy atom. The van der Waals surface area contributed by atoms with E-state index in [-0.39, 0.29) is 17.8 Å². The van der Waals surface area contributed by atoms with Crippen LogP contribution in [-0.4, -0.2) is 23.0 Å². The molecule has 0 aromatic rings. The normalized spacial score (nSPS) is 18.4. The van der Waals surface area contributed by atoms with Crippen LogP contribution in [0.1, 0.15) is 6.42 Å². The van der Waals surface area contributed by atoms with Crippen molar-refractivity contribution in [3.8, 4) is 0 Å². The summed E-state index contributed by atoms with van der Waals surface area (Å²) in [5.41, 5.74) is 5.30. The lowest BCUT2D eigenvalue weighted by Crippen LogP contribution is -2.06. The van der Waals surface area contributed by atoms with Gasteiger partial charge in [-0.25, -0.2) is 0 Å². The predicted octanol–water partition coefficient (Wildman–Crippen LogP) is 1.16. The van der Waals surface area contributed by atoms with Crippen LogP contribution in [-0.2, 0) is 10.1 Å². The van der Waals surface area contributed by atoms with Gasteiger partial charge in [-0.15, -0.1) is 0 Å². The van der Waals surface area contributed by atoms with Crippen molar-refractivity contribution in [3.63, 3.8) is 0 Å². The first-order chi connectivity index (χ1) is 9.11. The van der Waals surface area contributed by atoms with E-state index in [1.165, 1.54) is 12.2 Å². The van der Waals surface area contributed by atoms with Crippen LogP contribution in [0.2, 0.25) is 0 Å². The third-order valence-electron chi connectivity index (χ3n) is 2.36. The van der Waals surface area contributed by atoms with Gasteiger partial charge in [0.05, 0.1) is 9.83 Å². The van der Waals surface area contributed by atoms with Crippen molar-refractivity contribution >= 4 is 10.1 Å². The SMILES string of the molecule is C=C(/C=C(\C=C1/CC=C(N)C=C1O)[N+](=O)[O-])S(=O)(=O)O. The van der Waals surface area contributed by atoms with Crippen LogP contribution in [0.3, 0.4) is 0 Å². The fraction of sp³-hybridized carbons (Fsp3) is 0.0909. The minimum Gasteiger partial charge on any atom is -0.508 e. The molecule has 0 unspecified atom stereocenters. The molecule has 0 fully saturated rings. The molecular weight excluding hydrogens is 288 g/mol. The maximum absolute atomic E-state index is 10.8. The van der Waals surface area contributed by atoms with Crippen molar-refractivity contribution in [2.45, 2.75) is 6.42 Å². The Hall–Kier alpha value is -2.39. The van der Waals surface area contributed by atoms with Crippen molar-refractivity contribution in [3.05, 3.63) is 68.6 Å². The summed E-state index contributed by atoms with van der Waals surface area (Å²) >= 11 is 0. The standard InChI is InChI=1S/C11H12N2O6S/c1-7(20(17,18)19)4-10(13(15)16)5-8-2-3-9(12)6-11(8)14/h3-6,14H,1-2,12H2,(H,17,18,19)/b8-5+,10-4+. The van der Waals surface area contributed by atoms with Gasteiger partial charge < -0.3 is 10.8 Å². The number of hydrogen-bond acceptors (Lipinski definition) is 6. The number of aliphatic hydroxyl groups is 1. The third-order valence-corrected chi connectivity index (χ3v) is 3.14. The van der Waals surface area contributed by atoms with Gasteiger partial charge in [0.15, 0.2) is 0 Å². The maximum Gasteiger partial charge on any atom is 0.294 e. The predicted molar refractivity (Wildman–Crippen MR) is 71.4 cm³/mol. The van der Waals surface area contributed by atoms with Crippen molar-refractivity contribution < 1.29 is 23.0 Å². The molecule has 0 aromatic carbocycles. The average molecular weight is 300 g/mol. The van der Waals surface area contributed by atoms with Crippen LogP contribution in [0.5, 0.6) is 0 Å². The Kier molecular flexibility index (Phi) is 4.48. The summed E-state index contributed by atoms with van der Waals surface area (Å²) in [5, 5.41) is 20.4. The number of rotatable bonds is 4. The number of allylic oxidation sites excluding steroid dienone is 5. The smallest absolute Gasteiger partial charge is 0.294 e. The zero-order valence-electron chi connectivity index (χ0n) is 10.2. The van der Waals surface area contributed by atoms with Crippen LogP contribution >= 0.6 is 0 Å². The fourth-order valence-corrected chi connectivity index (χ4v) is 1.61. The van der Waals surface area contributed by atoms with E-state index < -0.39 is 25.6 Å². The Morgan fingerprint density at radius 1 is 1.55 bits per heavy atom. The largest absolute Gasteiger partial charge is 0.508 e. The quantitative estimate of drug-likeness (QED) is 0.306. The summed E-state index contributed by atoms with van der Waals surface area (Å²) in [7, 11) is -4.61. The van der Waals surface area contributed by atoms with Crippen LogP contribution in [0.15, 0.2) is 58.5 Å². The third kappa shape index (κ3) is 4.07. The molecule has 108 valence electrons. The molecule has 0 bridgehead atoms. The molecule has 0 aliphatic heterocycles. The van der Waals surface area contributed by atoms with E-state index in [0.717, 1.165) is 6.08 Å². The second-order valence-corrected chi connectivity index (χ2v) is 5.35. The second kappa shape index (κ2) is 5.72. The van der Waals surface area contributed by atoms with Crippen molar-refractivity contribution in [1.82, 2.24) is 0 Å². The average Bonchev–Trinajstić information content (AvgIpc) is 2.29. The minimum absolute atomic E-state index is 0.150. The Balaban J connectivity index is 3.20. The number of aliphatic hydroxyl groups excluding tert-OH is 1. The lowest BCUT2D eigenvalue weighted by atomic mass is 10.0. The lowest BCUT2D eigenvalue weighted by Gasteiger charge is -2.09. The summed E-state index contributed by atoms with van der Waals surface area (Å²) < 4.78 is 30.2. The van der Waals surface area contributed by atoms with Gasteiger partial charge in [-0.3, -0.25) is 14.7 Å². The van der Waals surface area contributed by atoms with Gasteiger partial charge in [-0.2, -0.15) is 8.42 Å². The van der Waals surface area contributed by atoms with Crippen LogP contribution < -0.4 is 5.73 Å². The molecule has 0 saturated carbocycles. The molecule has 4 N–H and O–H groups in total. The van der Waals surface area contributed by atoms with E-state index >= 15 is 0 Å². The first-order valence-electron chi connectivity index (χ1n) is 5.21. The number of nitro groups is 1. The van der Waals surface area contributed by atoms with Crippen LogP contribution in [0, 0.1) is 10.1 Å². The fourth-order valence-electron chi connectivity index (χ4n) is 1.34. The molecule has 9 heteroatoms. The van der Waals surface area contributed by atoms with Gasteiger partial charge in [-0.05, 0) is 6.42 Å². The maximum atomic E-state index is 10.8. The molecule has 20 heavy (non-hydrogen) atoms. The van der Waals surface area contributed by atoms with Gasteiger partial charge in [0, 0.05) is 29.5 Å². The van der Waals surface area contributed by atoms with Gasteiger partial charge >= 0.3 is 0 Å². The van der Waals surface area contributed by atoms with Crippen LogP contribution in [0.4, 0.5) is 0 Å². The highest BCUT2D eigenvalue weighted by Gasteiger charge is 2.17. The molecule has 1 aliphatic carbocycles. The summed E-state index contributed by atoms with van der Waals surface area (Å²) in [5.74, 6) is -0.254. The topological polar surface area (TPSA) is 144 Å². The zero-order valence-corrected chi connectivity index (χ0v) is 11.0. The van der Waals surface area contributed by atoms with E-state index in [4.69, 9.17) is 10.3 Å². The summed E-state index contributed by atoms with van der Waals surface area (Å²) in [4.78, 5) is 9.15. The van der Waals surface area contributed by atoms with Crippen LogP contribution in [0.25, 0.3) is 0 Å². The number of nitrogens with two attached hydrogens (primary N) is 1. The zero-order chi connectivity index (χ0) is 15.5. The molecule has 0 heterocycles. The Labute approximate surface area is 114 Å². The second-order valence-electron chi connectivity index (χ2n) is 3.88. The monoisotopic (exact) mass is 300 g/mol. The Bertz CT molecular complexity index is 682. The van der Waals surface area contributed by atoms with Gasteiger partial charge in [0.1, 0.15) is 5.76 Å². The molecule has 0 aromatic heterocycles. The molecule has 0 saturated heterocycles. The number of hydrogen-bond donors (Lipinski definition) is 3. The summed E-state index contributed by atoms with van der Waals surface area (Å²) in [6.45, 7) is 3.02. The Morgan fingerprint density at radius 3 is 2.60 bits per heavy atom. The molecule has 8 nitrogen and oxygen atoms in total. The highest BCUT2D eigenvalue weighted by Crippen LogP contribution is 2.22. The summed E-state index contributed by atoms with van der Waals surface area (Å²) in [6, 6.07) is 0. The lowest BCUT2D eigenvalue weighted by molar-refractivity contribution is -0.419. The first-order valence-corrected chi connectivity index (χ1v) is 6.65. The molecule has 0 amide bonds. The van der Waals surface area contributed by atoms with Crippen molar-refractivity contribution in [2.24, 2.45) is 5.73 Å².